The van der Waals surface area contributed by atoms with E-state index in [-0.39, 0.29) is 12.6 Å². The SMILES string of the molecule is COc1cc(C)c(COC(=O)c2ccc(-c3ccccc3)cc2)cc1OC. The molecule has 0 saturated carbocycles. The van der Waals surface area contributed by atoms with E-state index in [9.17, 15) is 4.79 Å². The van der Waals surface area contributed by atoms with Crippen LogP contribution in [0.15, 0.2) is 66.7 Å². The summed E-state index contributed by atoms with van der Waals surface area (Å²) in [6, 6.07) is 21.1. The number of ether oxygens (including phenoxy) is 3. The van der Waals surface area contributed by atoms with Crippen LogP contribution < -0.4 is 9.47 Å². The molecule has 0 heterocycles. The molecule has 0 amide bonds. The van der Waals surface area contributed by atoms with Gasteiger partial charge in [0.2, 0.25) is 0 Å². The van der Waals surface area contributed by atoms with E-state index in [0.29, 0.717) is 17.1 Å². The number of carbonyl (C=O) groups is 1. The Morgan fingerprint density at radius 3 is 2.04 bits per heavy atom. The summed E-state index contributed by atoms with van der Waals surface area (Å²) in [6.07, 6.45) is 0. The predicted molar refractivity (Wildman–Crippen MR) is 105 cm³/mol. The van der Waals surface area contributed by atoms with E-state index < -0.39 is 0 Å². The molecule has 3 rings (SSSR count). The fraction of sp³-hybridized carbons (Fsp3) is 0.174. The third-order valence-electron chi connectivity index (χ3n) is 4.43. The minimum Gasteiger partial charge on any atom is -0.493 e. The van der Waals surface area contributed by atoms with Gasteiger partial charge in [-0.05, 0) is 53.4 Å². The third kappa shape index (κ3) is 4.29. The Morgan fingerprint density at radius 1 is 0.815 bits per heavy atom. The first kappa shape index (κ1) is 18.5. The first-order valence-electron chi connectivity index (χ1n) is 8.66. The monoisotopic (exact) mass is 362 g/mol. The minimum absolute atomic E-state index is 0.172. The molecule has 0 radical (unpaired) electrons. The van der Waals surface area contributed by atoms with E-state index in [2.05, 4.69) is 0 Å². The Labute approximate surface area is 159 Å². The highest BCUT2D eigenvalue weighted by Gasteiger charge is 2.12. The fourth-order valence-corrected chi connectivity index (χ4v) is 2.83. The van der Waals surface area contributed by atoms with Crippen molar-refractivity contribution in [3.63, 3.8) is 0 Å². The number of aryl methyl sites for hydroxylation is 1. The van der Waals surface area contributed by atoms with Gasteiger partial charge in [-0.25, -0.2) is 4.79 Å². The van der Waals surface area contributed by atoms with Crippen molar-refractivity contribution in [2.75, 3.05) is 14.2 Å². The maximum atomic E-state index is 12.4. The summed E-state index contributed by atoms with van der Waals surface area (Å²) in [5.74, 6) is 0.909. The minimum atomic E-state index is -0.358. The summed E-state index contributed by atoms with van der Waals surface area (Å²) in [6.45, 7) is 2.12. The highest BCUT2D eigenvalue weighted by molar-refractivity contribution is 5.90. The number of methoxy groups -OCH3 is 2. The molecule has 0 unspecified atom stereocenters. The Balaban J connectivity index is 1.69. The van der Waals surface area contributed by atoms with Crippen molar-refractivity contribution in [3.05, 3.63) is 83.4 Å². The molecule has 4 nitrogen and oxygen atoms in total. The smallest absolute Gasteiger partial charge is 0.338 e. The lowest BCUT2D eigenvalue weighted by molar-refractivity contribution is 0.0472. The van der Waals surface area contributed by atoms with Gasteiger partial charge in [0.05, 0.1) is 19.8 Å². The van der Waals surface area contributed by atoms with Crippen molar-refractivity contribution in [1.82, 2.24) is 0 Å². The molecule has 0 N–H and O–H groups in total. The van der Waals surface area contributed by atoms with Crippen LogP contribution >= 0.6 is 0 Å². The molecule has 0 bridgehead atoms. The van der Waals surface area contributed by atoms with Gasteiger partial charge < -0.3 is 14.2 Å². The number of hydrogen-bond acceptors (Lipinski definition) is 4. The lowest BCUT2D eigenvalue weighted by Gasteiger charge is -2.13. The molecular weight excluding hydrogens is 340 g/mol. The van der Waals surface area contributed by atoms with E-state index in [1.165, 1.54) is 0 Å². The molecule has 3 aromatic rings. The zero-order chi connectivity index (χ0) is 19.2. The molecule has 138 valence electrons. The standard InChI is InChI=1S/C23H22O4/c1-16-13-21(25-2)22(26-3)14-20(16)15-27-23(24)19-11-9-18(10-12-19)17-7-5-4-6-8-17/h4-14H,15H2,1-3H3. The lowest BCUT2D eigenvalue weighted by Crippen LogP contribution is -2.06. The normalized spacial score (nSPS) is 10.3. The number of esters is 1. The summed E-state index contributed by atoms with van der Waals surface area (Å²) in [5.41, 5.74) is 4.54. The molecule has 0 atom stereocenters. The van der Waals surface area contributed by atoms with Crippen molar-refractivity contribution in [2.24, 2.45) is 0 Å². The van der Waals surface area contributed by atoms with Gasteiger partial charge in [-0.3, -0.25) is 0 Å². The topological polar surface area (TPSA) is 44.8 Å². The second kappa shape index (κ2) is 8.41. The zero-order valence-corrected chi connectivity index (χ0v) is 15.7. The van der Waals surface area contributed by atoms with Crippen LogP contribution in [0, 0.1) is 6.92 Å². The number of rotatable bonds is 6. The molecule has 0 aliphatic rings. The van der Waals surface area contributed by atoms with Crippen LogP contribution in [0.25, 0.3) is 11.1 Å². The summed E-state index contributed by atoms with van der Waals surface area (Å²) in [7, 11) is 3.17. The summed E-state index contributed by atoms with van der Waals surface area (Å²) in [5, 5.41) is 0. The van der Waals surface area contributed by atoms with Gasteiger partial charge in [0.25, 0.3) is 0 Å². The Bertz CT molecular complexity index is 915. The average molecular weight is 362 g/mol. The van der Waals surface area contributed by atoms with Crippen LogP contribution in [0.4, 0.5) is 0 Å². The van der Waals surface area contributed by atoms with E-state index >= 15 is 0 Å². The van der Waals surface area contributed by atoms with Crippen LogP contribution in [-0.4, -0.2) is 20.2 Å². The Hall–Kier alpha value is -3.27. The molecule has 0 spiro atoms. The van der Waals surface area contributed by atoms with Crippen molar-refractivity contribution >= 4 is 5.97 Å². The first-order chi connectivity index (χ1) is 13.1. The number of hydrogen-bond donors (Lipinski definition) is 0. The Kier molecular flexibility index (Phi) is 5.77. The molecule has 0 aliphatic heterocycles. The number of carbonyl (C=O) groups excluding carboxylic acids is 1. The van der Waals surface area contributed by atoms with Crippen molar-refractivity contribution in [1.29, 1.82) is 0 Å². The maximum absolute atomic E-state index is 12.4. The predicted octanol–water partition coefficient (Wildman–Crippen LogP) is 5.04. The first-order valence-corrected chi connectivity index (χ1v) is 8.66. The molecule has 27 heavy (non-hydrogen) atoms. The van der Waals surface area contributed by atoms with Crippen LogP contribution in [0.5, 0.6) is 11.5 Å². The van der Waals surface area contributed by atoms with E-state index in [0.717, 1.165) is 22.3 Å². The second-order valence-electron chi connectivity index (χ2n) is 6.15. The van der Waals surface area contributed by atoms with Gasteiger partial charge in [-0.1, -0.05) is 42.5 Å². The Morgan fingerprint density at radius 2 is 1.41 bits per heavy atom. The van der Waals surface area contributed by atoms with Crippen molar-refractivity contribution in [2.45, 2.75) is 13.5 Å². The highest BCUT2D eigenvalue weighted by Crippen LogP contribution is 2.30. The van der Waals surface area contributed by atoms with E-state index in [4.69, 9.17) is 14.2 Å². The van der Waals surface area contributed by atoms with Crippen LogP contribution in [-0.2, 0) is 11.3 Å². The van der Waals surface area contributed by atoms with Crippen molar-refractivity contribution in [3.8, 4) is 22.6 Å². The van der Waals surface area contributed by atoms with Gasteiger partial charge in [0, 0.05) is 0 Å². The van der Waals surface area contributed by atoms with Gasteiger partial charge >= 0.3 is 5.97 Å². The van der Waals surface area contributed by atoms with Crippen LogP contribution in [0.3, 0.4) is 0 Å². The van der Waals surface area contributed by atoms with E-state index in [1.807, 2.05) is 61.5 Å². The van der Waals surface area contributed by atoms with Gasteiger partial charge in [-0.2, -0.15) is 0 Å². The molecule has 0 aliphatic carbocycles. The quantitative estimate of drug-likeness (QED) is 0.577. The van der Waals surface area contributed by atoms with Gasteiger partial charge in [0.15, 0.2) is 11.5 Å². The summed E-state index contributed by atoms with van der Waals surface area (Å²) >= 11 is 0. The summed E-state index contributed by atoms with van der Waals surface area (Å²) in [4.78, 5) is 12.4. The van der Waals surface area contributed by atoms with Gasteiger partial charge in [-0.15, -0.1) is 0 Å². The zero-order valence-electron chi connectivity index (χ0n) is 15.7. The highest BCUT2D eigenvalue weighted by atomic mass is 16.5. The molecule has 3 aromatic carbocycles. The fourth-order valence-electron chi connectivity index (χ4n) is 2.83. The van der Waals surface area contributed by atoms with Crippen LogP contribution in [0.1, 0.15) is 21.5 Å². The van der Waals surface area contributed by atoms with Gasteiger partial charge in [0.1, 0.15) is 6.61 Å². The lowest BCUT2D eigenvalue weighted by atomic mass is 10.0. The largest absolute Gasteiger partial charge is 0.493 e. The maximum Gasteiger partial charge on any atom is 0.338 e. The second-order valence-corrected chi connectivity index (χ2v) is 6.15. The molecule has 0 saturated heterocycles. The molecule has 4 heteroatoms. The molecule has 0 fully saturated rings. The number of benzene rings is 3. The summed E-state index contributed by atoms with van der Waals surface area (Å²) < 4.78 is 16.1. The van der Waals surface area contributed by atoms with Crippen LogP contribution in [0.2, 0.25) is 0 Å². The molecular formula is C23H22O4. The molecule has 0 aromatic heterocycles. The van der Waals surface area contributed by atoms with E-state index in [1.54, 1.807) is 26.4 Å². The van der Waals surface area contributed by atoms with Crippen molar-refractivity contribution < 1.29 is 19.0 Å². The average Bonchev–Trinajstić information content (AvgIpc) is 2.73. The third-order valence-corrected chi connectivity index (χ3v) is 4.43.